The Hall–Kier alpha value is -2.98. The Morgan fingerprint density at radius 3 is 2.62 bits per heavy atom. The van der Waals surface area contributed by atoms with E-state index >= 15 is 0 Å². The molecule has 1 aliphatic heterocycles. The molecule has 0 aliphatic carbocycles. The fourth-order valence-corrected chi connectivity index (χ4v) is 4.06. The Kier molecular flexibility index (Phi) is 5.68. The van der Waals surface area contributed by atoms with Gasteiger partial charge in [-0.15, -0.1) is 0 Å². The molecule has 2 amide bonds. The van der Waals surface area contributed by atoms with Gasteiger partial charge in [-0.2, -0.15) is 13.2 Å². The number of aromatic nitrogens is 1. The minimum Gasteiger partial charge on any atom is -0.341 e. The number of hydrogen-bond donors (Lipinski definition) is 2. The van der Waals surface area contributed by atoms with Crippen LogP contribution in [0.1, 0.15) is 43.7 Å². The summed E-state index contributed by atoms with van der Waals surface area (Å²) in [6.45, 7) is 0. The van der Waals surface area contributed by atoms with Crippen LogP contribution in [0.15, 0.2) is 53.0 Å². The molecule has 3 aromatic rings. The number of benzene rings is 2. The summed E-state index contributed by atoms with van der Waals surface area (Å²) in [6, 6.07) is 8.69. The van der Waals surface area contributed by atoms with Crippen molar-refractivity contribution in [3.63, 3.8) is 0 Å². The maximum Gasteiger partial charge on any atom is 0.433 e. The largest absolute Gasteiger partial charge is 0.433 e. The minimum atomic E-state index is -4.72. The SMILES string of the molecule is O=C(Nc1cc(Br)cc2c1C(c1cc(F)ccc1Cl)NC2=O)c1cccc(C(F)(F)F)n1. The van der Waals surface area contributed by atoms with E-state index < -0.39 is 41.2 Å². The number of alkyl halides is 3. The number of carbonyl (C=O) groups excluding carboxylic acids is 2. The second-order valence-corrected chi connectivity index (χ2v) is 8.17. The maximum atomic E-state index is 13.9. The highest BCUT2D eigenvalue weighted by Gasteiger charge is 2.35. The molecule has 0 bridgehead atoms. The van der Waals surface area contributed by atoms with Gasteiger partial charge in [-0.05, 0) is 42.5 Å². The molecule has 11 heteroatoms. The van der Waals surface area contributed by atoms with Crippen LogP contribution in [0.4, 0.5) is 23.2 Å². The van der Waals surface area contributed by atoms with Crippen molar-refractivity contribution in [2.45, 2.75) is 12.2 Å². The van der Waals surface area contributed by atoms with Gasteiger partial charge in [-0.25, -0.2) is 9.37 Å². The summed E-state index contributed by atoms with van der Waals surface area (Å²) in [7, 11) is 0. The van der Waals surface area contributed by atoms with Crippen molar-refractivity contribution in [3.8, 4) is 0 Å². The van der Waals surface area contributed by atoms with Gasteiger partial charge < -0.3 is 10.6 Å². The highest BCUT2D eigenvalue weighted by Crippen LogP contribution is 2.41. The minimum absolute atomic E-state index is 0.127. The summed E-state index contributed by atoms with van der Waals surface area (Å²) in [5.74, 6) is -1.98. The van der Waals surface area contributed by atoms with Crippen LogP contribution in [0.3, 0.4) is 0 Å². The van der Waals surface area contributed by atoms with Crippen LogP contribution in [-0.2, 0) is 6.18 Å². The van der Waals surface area contributed by atoms with E-state index in [0.717, 1.165) is 30.3 Å². The number of nitrogens with zero attached hydrogens (tertiary/aromatic N) is 1. The maximum absolute atomic E-state index is 13.9. The van der Waals surface area contributed by atoms with Gasteiger partial charge >= 0.3 is 6.18 Å². The van der Waals surface area contributed by atoms with Gasteiger partial charge in [0.05, 0.1) is 6.04 Å². The number of nitrogens with one attached hydrogen (secondary N) is 2. The Balaban J connectivity index is 1.77. The average molecular weight is 529 g/mol. The van der Waals surface area contributed by atoms with Crippen molar-refractivity contribution < 1.29 is 27.2 Å². The molecule has 0 fully saturated rings. The molecule has 0 saturated carbocycles. The Morgan fingerprint density at radius 1 is 1.16 bits per heavy atom. The first kappa shape index (κ1) is 22.2. The molecule has 2 aromatic carbocycles. The molecule has 1 atom stereocenters. The lowest BCUT2D eigenvalue weighted by molar-refractivity contribution is -0.141. The van der Waals surface area contributed by atoms with Crippen molar-refractivity contribution in [1.29, 1.82) is 0 Å². The van der Waals surface area contributed by atoms with E-state index in [1.165, 1.54) is 18.2 Å². The van der Waals surface area contributed by atoms with E-state index in [4.69, 9.17) is 11.6 Å². The fraction of sp³-hybridized carbons (Fsp3) is 0.0952. The first-order valence-corrected chi connectivity index (χ1v) is 10.2. The summed E-state index contributed by atoms with van der Waals surface area (Å²) < 4.78 is 53.2. The second kappa shape index (κ2) is 8.18. The number of carbonyl (C=O) groups is 2. The Morgan fingerprint density at radius 2 is 1.91 bits per heavy atom. The lowest BCUT2D eigenvalue weighted by Gasteiger charge is -2.18. The predicted octanol–water partition coefficient (Wildman–Crippen LogP) is 5.74. The first-order valence-electron chi connectivity index (χ1n) is 8.99. The topological polar surface area (TPSA) is 71.1 Å². The normalized spacial score (nSPS) is 15.3. The fourth-order valence-electron chi connectivity index (χ4n) is 3.38. The van der Waals surface area contributed by atoms with Crippen LogP contribution in [0.5, 0.6) is 0 Å². The molecule has 1 unspecified atom stereocenters. The number of anilines is 1. The van der Waals surface area contributed by atoms with Crippen molar-refractivity contribution in [1.82, 2.24) is 10.3 Å². The number of halogens is 6. The average Bonchev–Trinajstić information content (AvgIpc) is 3.05. The number of fused-ring (bicyclic) bond motifs is 1. The van der Waals surface area contributed by atoms with E-state index in [9.17, 15) is 27.2 Å². The van der Waals surface area contributed by atoms with E-state index in [-0.39, 0.29) is 21.8 Å². The molecule has 0 radical (unpaired) electrons. The van der Waals surface area contributed by atoms with E-state index in [1.54, 1.807) is 0 Å². The number of hydrogen-bond acceptors (Lipinski definition) is 3. The van der Waals surface area contributed by atoms with Crippen LogP contribution in [0, 0.1) is 5.82 Å². The van der Waals surface area contributed by atoms with E-state index in [2.05, 4.69) is 31.5 Å². The van der Waals surface area contributed by atoms with E-state index in [0.29, 0.717) is 10.0 Å². The third-order valence-electron chi connectivity index (χ3n) is 4.74. The summed E-state index contributed by atoms with van der Waals surface area (Å²) in [4.78, 5) is 28.6. The molecule has 5 nitrogen and oxygen atoms in total. The molecule has 0 saturated heterocycles. The van der Waals surface area contributed by atoms with Crippen molar-refractivity contribution >= 4 is 45.0 Å². The summed E-state index contributed by atoms with van der Waals surface area (Å²) >= 11 is 9.45. The number of pyridine rings is 1. The molecule has 1 aromatic heterocycles. The molecule has 1 aliphatic rings. The molecular formula is C21H11BrClF4N3O2. The molecule has 0 spiro atoms. The van der Waals surface area contributed by atoms with Crippen molar-refractivity contribution in [2.24, 2.45) is 0 Å². The molecular weight excluding hydrogens is 518 g/mol. The van der Waals surface area contributed by atoms with Crippen molar-refractivity contribution in [2.75, 3.05) is 5.32 Å². The Labute approximate surface area is 191 Å². The number of rotatable bonds is 3. The van der Waals surface area contributed by atoms with Crippen molar-refractivity contribution in [3.05, 3.63) is 91.9 Å². The van der Waals surface area contributed by atoms with Gasteiger partial charge in [0.25, 0.3) is 11.8 Å². The lowest BCUT2D eigenvalue weighted by atomic mass is 9.96. The van der Waals surface area contributed by atoms with Crippen LogP contribution in [0.25, 0.3) is 0 Å². The van der Waals surface area contributed by atoms with Gasteiger partial charge in [0, 0.05) is 31.9 Å². The standard InChI is InChI=1S/C21H11BrClF4N3O2/c22-9-6-12-17(18(30-19(12)31)11-8-10(24)4-5-13(11)23)15(7-9)29-20(32)14-2-1-3-16(28-14)21(25,26)27/h1-8,18H,(H,29,32)(H,30,31). The molecule has 32 heavy (non-hydrogen) atoms. The summed E-state index contributed by atoms with van der Waals surface area (Å²) in [6.07, 6.45) is -4.72. The van der Waals surface area contributed by atoms with E-state index in [1.807, 2.05) is 0 Å². The van der Waals surface area contributed by atoms with Crippen LogP contribution in [-0.4, -0.2) is 16.8 Å². The van der Waals surface area contributed by atoms with Gasteiger partial charge in [-0.3, -0.25) is 9.59 Å². The second-order valence-electron chi connectivity index (χ2n) is 6.85. The van der Waals surface area contributed by atoms with Crippen LogP contribution in [0.2, 0.25) is 5.02 Å². The summed E-state index contributed by atoms with van der Waals surface area (Å²) in [5, 5.41) is 5.38. The highest BCUT2D eigenvalue weighted by atomic mass is 79.9. The van der Waals surface area contributed by atoms with Gasteiger partial charge in [-0.1, -0.05) is 33.6 Å². The van der Waals surface area contributed by atoms with Gasteiger partial charge in [0.15, 0.2) is 0 Å². The monoisotopic (exact) mass is 527 g/mol. The third-order valence-corrected chi connectivity index (χ3v) is 5.54. The summed E-state index contributed by atoms with van der Waals surface area (Å²) in [5.41, 5.74) is -0.809. The first-order chi connectivity index (χ1) is 15.0. The van der Waals surface area contributed by atoms with Crippen LogP contribution >= 0.6 is 27.5 Å². The smallest absolute Gasteiger partial charge is 0.341 e. The zero-order valence-corrected chi connectivity index (χ0v) is 18.1. The zero-order valence-electron chi connectivity index (χ0n) is 15.7. The van der Waals surface area contributed by atoms with Crippen LogP contribution < -0.4 is 10.6 Å². The third kappa shape index (κ3) is 4.20. The predicted molar refractivity (Wildman–Crippen MR) is 112 cm³/mol. The zero-order chi connectivity index (χ0) is 23.2. The molecule has 2 heterocycles. The van der Waals surface area contributed by atoms with Gasteiger partial charge in [0.2, 0.25) is 0 Å². The Bertz CT molecular complexity index is 1270. The molecule has 4 rings (SSSR count). The molecule has 164 valence electrons. The number of amides is 2. The van der Waals surface area contributed by atoms with Gasteiger partial charge in [0.1, 0.15) is 17.2 Å². The molecule has 2 N–H and O–H groups in total. The highest BCUT2D eigenvalue weighted by molar-refractivity contribution is 9.10. The lowest BCUT2D eigenvalue weighted by Crippen LogP contribution is -2.21. The quantitative estimate of drug-likeness (QED) is 0.426.